The molecule has 1 atom stereocenters. The number of halogens is 2. The van der Waals surface area contributed by atoms with Crippen LogP contribution in [0.15, 0.2) is 42.5 Å². The van der Waals surface area contributed by atoms with Gasteiger partial charge >= 0.3 is 0 Å². The highest BCUT2D eigenvalue weighted by atomic mass is 35.5. The van der Waals surface area contributed by atoms with Crippen molar-refractivity contribution < 1.29 is 9.50 Å². The third kappa shape index (κ3) is 3.62. The molecule has 1 N–H and O–H groups in total. The minimum atomic E-state index is -1.08. The average Bonchev–Trinajstić information content (AvgIpc) is 2.87. The van der Waals surface area contributed by atoms with Crippen LogP contribution in [0.5, 0.6) is 0 Å². The Labute approximate surface area is 165 Å². The van der Waals surface area contributed by atoms with Crippen LogP contribution in [0.25, 0.3) is 10.9 Å². The normalized spacial score (nSPS) is 16.6. The first-order valence-electron chi connectivity index (χ1n) is 9.13. The van der Waals surface area contributed by atoms with Crippen molar-refractivity contribution >= 4 is 23.3 Å². The summed E-state index contributed by atoms with van der Waals surface area (Å²) in [6, 6.07) is 12.7. The average molecular weight is 389 g/mol. The summed E-state index contributed by atoms with van der Waals surface area (Å²) >= 11 is 0. The molecule has 0 fully saturated rings. The standard InChI is InChI=1S/C22H25FN2O.ClH/c1-15-4-9-20-19(12-15)18-10-11-24(3)13-21(18)25(20)14-22(2,26)16-5-7-17(23)8-6-16;/h4-9,12,26H,10-11,13-14H2,1-3H3;1H. The molecule has 27 heavy (non-hydrogen) atoms. The van der Waals surface area contributed by atoms with Crippen LogP contribution < -0.4 is 0 Å². The van der Waals surface area contributed by atoms with Gasteiger partial charge in [0.2, 0.25) is 0 Å². The van der Waals surface area contributed by atoms with Gasteiger partial charge in [0, 0.05) is 29.7 Å². The zero-order valence-corrected chi connectivity index (χ0v) is 16.8. The summed E-state index contributed by atoms with van der Waals surface area (Å²) in [6.07, 6.45) is 1.03. The van der Waals surface area contributed by atoms with E-state index in [0.29, 0.717) is 6.54 Å². The Morgan fingerprint density at radius 3 is 2.56 bits per heavy atom. The lowest BCUT2D eigenvalue weighted by Gasteiger charge is -2.29. The van der Waals surface area contributed by atoms with Crippen LogP contribution >= 0.6 is 12.4 Å². The molecule has 0 spiro atoms. The molecular formula is C22H26ClFN2O. The molecule has 3 nitrogen and oxygen atoms in total. The molecule has 144 valence electrons. The Hall–Kier alpha value is -1.88. The molecule has 1 aromatic heterocycles. The fourth-order valence-electron chi connectivity index (χ4n) is 4.08. The van der Waals surface area contributed by atoms with Crippen molar-refractivity contribution in [2.24, 2.45) is 0 Å². The molecule has 0 saturated carbocycles. The highest BCUT2D eigenvalue weighted by molar-refractivity contribution is 5.86. The lowest BCUT2D eigenvalue weighted by Crippen LogP contribution is -2.32. The Morgan fingerprint density at radius 2 is 1.85 bits per heavy atom. The van der Waals surface area contributed by atoms with E-state index in [1.54, 1.807) is 19.1 Å². The summed E-state index contributed by atoms with van der Waals surface area (Å²) in [5, 5.41) is 12.5. The summed E-state index contributed by atoms with van der Waals surface area (Å²) < 4.78 is 15.5. The van der Waals surface area contributed by atoms with Gasteiger partial charge in [0.25, 0.3) is 0 Å². The molecule has 1 aliphatic rings. The van der Waals surface area contributed by atoms with Crippen LogP contribution in [-0.4, -0.2) is 28.2 Å². The summed E-state index contributed by atoms with van der Waals surface area (Å²) in [7, 11) is 2.13. The van der Waals surface area contributed by atoms with Gasteiger partial charge in [-0.25, -0.2) is 4.39 Å². The molecule has 0 amide bonds. The second-order valence-corrected chi connectivity index (χ2v) is 7.80. The van der Waals surface area contributed by atoms with Gasteiger partial charge in [-0.15, -0.1) is 12.4 Å². The van der Waals surface area contributed by atoms with Crippen LogP contribution in [0.1, 0.15) is 29.3 Å². The van der Waals surface area contributed by atoms with Crippen LogP contribution in [-0.2, 0) is 25.1 Å². The van der Waals surface area contributed by atoms with E-state index >= 15 is 0 Å². The number of hydrogen-bond donors (Lipinski definition) is 1. The largest absolute Gasteiger partial charge is 0.384 e. The summed E-state index contributed by atoms with van der Waals surface area (Å²) in [6.45, 7) is 6.30. The van der Waals surface area contributed by atoms with Crippen molar-refractivity contribution in [3.8, 4) is 0 Å². The Bertz CT molecular complexity index is 963. The Morgan fingerprint density at radius 1 is 1.15 bits per heavy atom. The number of nitrogens with zero attached hydrogens (tertiary/aromatic N) is 2. The number of aromatic nitrogens is 1. The van der Waals surface area contributed by atoms with Gasteiger partial charge in [-0.2, -0.15) is 0 Å². The molecule has 0 aliphatic carbocycles. The minimum absolute atomic E-state index is 0. The summed E-state index contributed by atoms with van der Waals surface area (Å²) in [5.74, 6) is -0.287. The lowest BCUT2D eigenvalue weighted by atomic mass is 9.95. The number of aryl methyl sites for hydroxylation is 1. The van der Waals surface area contributed by atoms with E-state index in [4.69, 9.17) is 0 Å². The molecule has 4 rings (SSSR count). The number of fused-ring (bicyclic) bond motifs is 3. The molecule has 3 aromatic rings. The topological polar surface area (TPSA) is 28.4 Å². The quantitative estimate of drug-likeness (QED) is 0.720. The van der Waals surface area contributed by atoms with E-state index in [0.717, 1.165) is 25.1 Å². The molecule has 5 heteroatoms. The first-order valence-corrected chi connectivity index (χ1v) is 9.13. The zero-order chi connectivity index (χ0) is 18.5. The maximum atomic E-state index is 13.3. The molecule has 0 radical (unpaired) electrons. The maximum absolute atomic E-state index is 13.3. The predicted molar refractivity (Wildman–Crippen MR) is 110 cm³/mol. The number of hydrogen-bond acceptors (Lipinski definition) is 2. The molecule has 1 aliphatic heterocycles. The molecule has 0 saturated heterocycles. The van der Waals surface area contributed by atoms with E-state index in [1.807, 2.05) is 0 Å². The molecule has 0 bridgehead atoms. The summed E-state index contributed by atoms with van der Waals surface area (Å²) in [4.78, 5) is 2.32. The first kappa shape index (κ1) is 19.9. The molecule has 2 aromatic carbocycles. The fourth-order valence-corrected chi connectivity index (χ4v) is 4.08. The summed E-state index contributed by atoms with van der Waals surface area (Å²) in [5.41, 5.74) is 4.75. The van der Waals surface area contributed by atoms with Gasteiger partial charge in [-0.1, -0.05) is 23.8 Å². The lowest BCUT2D eigenvalue weighted by molar-refractivity contribution is 0.0380. The van der Waals surface area contributed by atoms with Gasteiger partial charge in [0.15, 0.2) is 0 Å². The molecule has 2 heterocycles. The number of likely N-dealkylation sites (N-methyl/N-ethyl adjacent to an activating group) is 1. The number of aliphatic hydroxyl groups is 1. The Balaban J connectivity index is 0.00000210. The molecule has 1 unspecified atom stereocenters. The SMILES string of the molecule is Cc1ccc2c(c1)c1c(n2CC(C)(O)c2ccc(F)cc2)CN(C)CC1.Cl. The fraction of sp³-hybridized carbons (Fsp3) is 0.364. The van der Waals surface area contributed by atoms with Crippen molar-refractivity contribution in [3.05, 3.63) is 70.7 Å². The van der Waals surface area contributed by atoms with Crippen molar-refractivity contribution in [1.29, 1.82) is 0 Å². The van der Waals surface area contributed by atoms with Gasteiger partial charge in [0.05, 0.1) is 6.54 Å². The second-order valence-electron chi connectivity index (χ2n) is 7.80. The third-order valence-electron chi connectivity index (χ3n) is 5.54. The van der Waals surface area contributed by atoms with Gasteiger partial charge in [-0.3, -0.25) is 0 Å². The van der Waals surface area contributed by atoms with E-state index in [-0.39, 0.29) is 18.2 Å². The van der Waals surface area contributed by atoms with E-state index in [9.17, 15) is 9.50 Å². The molecular weight excluding hydrogens is 363 g/mol. The van der Waals surface area contributed by atoms with Gasteiger partial charge in [0.1, 0.15) is 11.4 Å². The van der Waals surface area contributed by atoms with Crippen molar-refractivity contribution in [3.63, 3.8) is 0 Å². The van der Waals surface area contributed by atoms with Crippen LogP contribution in [0.3, 0.4) is 0 Å². The van der Waals surface area contributed by atoms with Crippen molar-refractivity contribution in [2.75, 3.05) is 13.6 Å². The van der Waals surface area contributed by atoms with Gasteiger partial charge < -0.3 is 14.6 Å². The Kier molecular flexibility index (Phi) is 5.35. The van der Waals surface area contributed by atoms with Crippen LogP contribution in [0.2, 0.25) is 0 Å². The van der Waals surface area contributed by atoms with E-state index in [1.165, 1.54) is 39.9 Å². The smallest absolute Gasteiger partial charge is 0.123 e. The number of benzene rings is 2. The predicted octanol–water partition coefficient (Wildman–Crippen LogP) is 4.41. The van der Waals surface area contributed by atoms with E-state index < -0.39 is 5.60 Å². The zero-order valence-electron chi connectivity index (χ0n) is 16.0. The van der Waals surface area contributed by atoms with Crippen molar-refractivity contribution in [1.82, 2.24) is 9.47 Å². The highest BCUT2D eigenvalue weighted by Gasteiger charge is 2.29. The second kappa shape index (κ2) is 7.27. The first-order chi connectivity index (χ1) is 12.3. The van der Waals surface area contributed by atoms with E-state index in [2.05, 4.69) is 41.6 Å². The highest BCUT2D eigenvalue weighted by Crippen LogP contribution is 2.34. The maximum Gasteiger partial charge on any atom is 0.123 e. The van der Waals surface area contributed by atoms with Crippen LogP contribution in [0, 0.1) is 12.7 Å². The minimum Gasteiger partial charge on any atom is -0.384 e. The van der Waals surface area contributed by atoms with Crippen LogP contribution in [0.4, 0.5) is 4.39 Å². The monoisotopic (exact) mass is 388 g/mol. The van der Waals surface area contributed by atoms with Gasteiger partial charge in [-0.05, 0) is 62.7 Å². The third-order valence-corrected chi connectivity index (χ3v) is 5.54. The number of rotatable bonds is 3. The van der Waals surface area contributed by atoms with Crippen molar-refractivity contribution in [2.45, 2.75) is 39.0 Å².